The molecule has 0 aliphatic carbocycles. The number of rotatable bonds is 3. The molecule has 22 heavy (non-hydrogen) atoms. The molecule has 1 unspecified atom stereocenters. The van der Waals surface area contributed by atoms with Crippen molar-refractivity contribution >= 4 is 5.91 Å². The highest BCUT2D eigenvalue weighted by atomic mass is 19.1. The number of hydrogen-bond acceptors (Lipinski definition) is 3. The van der Waals surface area contributed by atoms with Gasteiger partial charge in [-0.15, -0.1) is 0 Å². The summed E-state index contributed by atoms with van der Waals surface area (Å²) in [6.07, 6.45) is 0.965. The highest BCUT2D eigenvalue weighted by Gasteiger charge is 2.26. The molecule has 4 nitrogen and oxygen atoms in total. The van der Waals surface area contributed by atoms with Crippen molar-refractivity contribution in [3.8, 4) is 11.3 Å². The Kier molecular flexibility index (Phi) is 4.24. The molecule has 2 aromatic rings. The van der Waals surface area contributed by atoms with E-state index in [2.05, 4.69) is 0 Å². The van der Waals surface area contributed by atoms with E-state index in [-0.39, 0.29) is 17.8 Å². The fourth-order valence-corrected chi connectivity index (χ4v) is 2.53. The van der Waals surface area contributed by atoms with Gasteiger partial charge in [-0.25, -0.2) is 4.39 Å². The predicted octanol–water partition coefficient (Wildman–Crippen LogP) is 3.34. The molecule has 1 aromatic heterocycles. The number of furan rings is 1. The zero-order valence-corrected chi connectivity index (χ0v) is 12.4. The zero-order valence-electron chi connectivity index (χ0n) is 12.4. The summed E-state index contributed by atoms with van der Waals surface area (Å²) < 4.78 is 24.2. The van der Waals surface area contributed by atoms with Gasteiger partial charge in [0.25, 0.3) is 5.91 Å². The minimum Gasteiger partial charge on any atom is -0.451 e. The first kappa shape index (κ1) is 14.8. The van der Waals surface area contributed by atoms with Crippen molar-refractivity contribution in [3.05, 3.63) is 48.0 Å². The Hall–Kier alpha value is -2.14. The molecule has 3 rings (SSSR count). The second kappa shape index (κ2) is 6.32. The molecule has 1 aliphatic rings. The Morgan fingerprint density at radius 3 is 2.77 bits per heavy atom. The number of carbonyl (C=O) groups is 1. The Bertz CT molecular complexity index is 650. The summed E-state index contributed by atoms with van der Waals surface area (Å²) >= 11 is 0. The minimum atomic E-state index is -0.300. The van der Waals surface area contributed by atoms with E-state index < -0.39 is 0 Å². The van der Waals surface area contributed by atoms with Crippen LogP contribution in [0.2, 0.25) is 0 Å². The summed E-state index contributed by atoms with van der Waals surface area (Å²) in [7, 11) is 0. The van der Waals surface area contributed by atoms with Crippen LogP contribution in [0.4, 0.5) is 4.39 Å². The van der Waals surface area contributed by atoms with Gasteiger partial charge in [-0.3, -0.25) is 4.79 Å². The predicted molar refractivity (Wildman–Crippen MR) is 80.0 cm³/mol. The summed E-state index contributed by atoms with van der Waals surface area (Å²) in [5.74, 6) is 0.431. The lowest BCUT2D eigenvalue weighted by molar-refractivity contribution is -0.0235. The van der Waals surface area contributed by atoms with Gasteiger partial charge in [0, 0.05) is 18.7 Å². The van der Waals surface area contributed by atoms with Crippen LogP contribution < -0.4 is 0 Å². The lowest BCUT2D eigenvalue weighted by Crippen LogP contribution is -2.45. The van der Waals surface area contributed by atoms with Gasteiger partial charge in [0.05, 0.1) is 12.7 Å². The normalized spacial score (nSPS) is 18.5. The standard InChI is InChI=1S/C17H18FNO3/c1-2-14-11-19(9-10-21-14)17(20)16-8-7-15(22-16)12-3-5-13(18)6-4-12/h3-8,14H,2,9-11H2,1H3. The third kappa shape index (κ3) is 3.04. The van der Waals surface area contributed by atoms with Gasteiger partial charge in [0.2, 0.25) is 0 Å². The van der Waals surface area contributed by atoms with Crippen molar-refractivity contribution in [1.82, 2.24) is 4.90 Å². The summed E-state index contributed by atoms with van der Waals surface area (Å²) in [4.78, 5) is 14.2. The van der Waals surface area contributed by atoms with Crippen LogP contribution in [0.1, 0.15) is 23.9 Å². The van der Waals surface area contributed by atoms with Crippen LogP contribution in [0.3, 0.4) is 0 Å². The molecule has 1 atom stereocenters. The first-order valence-corrected chi connectivity index (χ1v) is 7.44. The number of benzene rings is 1. The minimum absolute atomic E-state index is 0.0873. The second-order valence-corrected chi connectivity index (χ2v) is 5.32. The van der Waals surface area contributed by atoms with Crippen LogP contribution in [0.5, 0.6) is 0 Å². The van der Waals surface area contributed by atoms with Gasteiger partial charge in [-0.2, -0.15) is 0 Å². The molecule has 0 radical (unpaired) electrons. The molecule has 0 bridgehead atoms. The summed E-state index contributed by atoms with van der Waals surface area (Å²) in [6, 6.07) is 9.39. The van der Waals surface area contributed by atoms with Gasteiger partial charge < -0.3 is 14.1 Å². The highest BCUT2D eigenvalue weighted by Crippen LogP contribution is 2.23. The molecule has 116 valence electrons. The number of nitrogens with zero attached hydrogens (tertiary/aromatic N) is 1. The quantitative estimate of drug-likeness (QED) is 0.873. The Labute approximate surface area is 128 Å². The van der Waals surface area contributed by atoms with E-state index in [1.54, 1.807) is 29.2 Å². The Morgan fingerprint density at radius 1 is 1.27 bits per heavy atom. The van der Waals surface area contributed by atoms with Crippen LogP contribution in [-0.4, -0.2) is 36.6 Å². The molecule has 0 spiro atoms. The first-order chi connectivity index (χ1) is 10.7. The monoisotopic (exact) mass is 303 g/mol. The van der Waals surface area contributed by atoms with Gasteiger partial charge in [0.15, 0.2) is 5.76 Å². The van der Waals surface area contributed by atoms with Crippen LogP contribution in [0.15, 0.2) is 40.8 Å². The van der Waals surface area contributed by atoms with E-state index in [9.17, 15) is 9.18 Å². The molecule has 2 heterocycles. The van der Waals surface area contributed by atoms with E-state index in [0.717, 1.165) is 12.0 Å². The van der Waals surface area contributed by atoms with Gasteiger partial charge >= 0.3 is 0 Å². The molecule has 1 aliphatic heterocycles. The first-order valence-electron chi connectivity index (χ1n) is 7.44. The Balaban J connectivity index is 1.75. The largest absolute Gasteiger partial charge is 0.451 e. The van der Waals surface area contributed by atoms with Crippen molar-refractivity contribution in [2.45, 2.75) is 19.4 Å². The maximum atomic E-state index is 12.9. The third-order valence-electron chi connectivity index (χ3n) is 3.83. The topological polar surface area (TPSA) is 42.7 Å². The number of halogens is 1. The third-order valence-corrected chi connectivity index (χ3v) is 3.83. The SMILES string of the molecule is CCC1CN(C(=O)c2ccc(-c3ccc(F)cc3)o2)CCO1. The van der Waals surface area contributed by atoms with Crippen LogP contribution in [0, 0.1) is 5.82 Å². The fourth-order valence-electron chi connectivity index (χ4n) is 2.53. The molecule has 0 saturated carbocycles. The summed E-state index contributed by atoms with van der Waals surface area (Å²) in [5, 5.41) is 0. The molecule has 5 heteroatoms. The number of morpholine rings is 1. The number of amides is 1. The van der Waals surface area contributed by atoms with Crippen molar-refractivity contribution in [3.63, 3.8) is 0 Å². The average Bonchev–Trinajstić information content (AvgIpc) is 3.05. The van der Waals surface area contributed by atoms with Crippen LogP contribution in [-0.2, 0) is 4.74 Å². The van der Waals surface area contributed by atoms with Gasteiger partial charge in [-0.1, -0.05) is 6.92 Å². The second-order valence-electron chi connectivity index (χ2n) is 5.32. The van der Waals surface area contributed by atoms with Gasteiger partial charge in [0.1, 0.15) is 11.6 Å². The molecule has 0 N–H and O–H groups in total. The lowest BCUT2D eigenvalue weighted by atomic mass is 10.2. The Morgan fingerprint density at radius 2 is 2.05 bits per heavy atom. The smallest absolute Gasteiger partial charge is 0.289 e. The average molecular weight is 303 g/mol. The summed E-state index contributed by atoms with van der Waals surface area (Å²) in [5.41, 5.74) is 0.744. The maximum Gasteiger partial charge on any atom is 0.289 e. The van der Waals surface area contributed by atoms with E-state index in [0.29, 0.717) is 31.2 Å². The van der Waals surface area contributed by atoms with Crippen LogP contribution in [0.25, 0.3) is 11.3 Å². The van der Waals surface area contributed by atoms with Crippen molar-refractivity contribution in [2.75, 3.05) is 19.7 Å². The van der Waals surface area contributed by atoms with Crippen molar-refractivity contribution in [1.29, 1.82) is 0 Å². The maximum absolute atomic E-state index is 12.9. The summed E-state index contributed by atoms with van der Waals surface area (Å²) in [6.45, 7) is 3.75. The highest BCUT2D eigenvalue weighted by molar-refractivity contribution is 5.92. The zero-order chi connectivity index (χ0) is 15.5. The number of carbonyl (C=O) groups excluding carboxylic acids is 1. The van der Waals surface area contributed by atoms with E-state index in [4.69, 9.17) is 9.15 Å². The molecule has 1 saturated heterocycles. The van der Waals surface area contributed by atoms with Gasteiger partial charge in [-0.05, 0) is 42.8 Å². The van der Waals surface area contributed by atoms with E-state index in [1.807, 2.05) is 6.92 Å². The van der Waals surface area contributed by atoms with E-state index >= 15 is 0 Å². The van der Waals surface area contributed by atoms with Crippen molar-refractivity contribution < 1.29 is 18.3 Å². The number of ether oxygens (including phenoxy) is 1. The molecule has 1 aromatic carbocycles. The lowest BCUT2D eigenvalue weighted by Gasteiger charge is -2.31. The fraction of sp³-hybridized carbons (Fsp3) is 0.353. The van der Waals surface area contributed by atoms with Crippen LogP contribution >= 0.6 is 0 Å². The molecular weight excluding hydrogens is 285 g/mol. The molecule has 1 fully saturated rings. The van der Waals surface area contributed by atoms with E-state index in [1.165, 1.54) is 12.1 Å². The molecular formula is C17H18FNO3. The molecule has 1 amide bonds. The van der Waals surface area contributed by atoms with Crippen molar-refractivity contribution in [2.24, 2.45) is 0 Å². The number of hydrogen-bond donors (Lipinski definition) is 0.